The summed E-state index contributed by atoms with van der Waals surface area (Å²) in [4.78, 5) is 11.9. The van der Waals surface area contributed by atoms with Gasteiger partial charge in [-0.05, 0) is 36.4 Å². The van der Waals surface area contributed by atoms with Gasteiger partial charge in [-0.15, -0.1) is 0 Å². The van der Waals surface area contributed by atoms with Gasteiger partial charge in [-0.2, -0.15) is 17.6 Å². The Kier molecular flexibility index (Phi) is 6.48. The largest absolute Gasteiger partial charge is 0.493 e. The molecule has 0 heterocycles. The SMILES string of the molecule is COc1cc(NC(=O)Nc2ccc(OC(F)F)cc2)ccc1OC(F)F. The van der Waals surface area contributed by atoms with E-state index in [1.165, 1.54) is 49.6 Å². The summed E-state index contributed by atoms with van der Waals surface area (Å²) in [6, 6.07) is 8.50. The first-order valence-electron chi connectivity index (χ1n) is 7.13. The number of alkyl halides is 4. The van der Waals surface area contributed by atoms with Crippen molar-refractivity contribution in [3.63, 3.8) is 0 Å². The van der Waals surface area contributed by atoms with E-state index in [-0.39, 0.29) is 22.9 Å². The first-order chi connectivity index (χ1) is 12.4. The third kappa shape index (κ3) is 5.72. The number of anilines is 2. The molecule has 0 saturated carbocycles. The highest BCUT2D eigenvalue weighted by Gasteiger charge is 2.12. The molecular formula is C16H14F4N2O4. The summed E-state index contributed by atoms with van der Waals surface area (Å²) in [6.45, 7) is -5.95. The molecule has 6 nitrogen and oxygen atoms in total. The van der Waals surface area contributed by atoms with Crippen LogP contribution in [0.1, 0.15) is 0 Å². The molecule has 0 bridgehead atoms. The summed E-state index contributed by atoms with van der Waals surface area (Å²) in [5.41, 5.74) is 0.590. The Bertz CT molecular complexity index is 742. The van der Waals surface area contributed by atoms with Crippen molar-refractivity contribution >= 4 is 17.4 Å². The molecule has 0 aromatic heterocycles. The van der Waals surface area contributed by atoms with E-state index in [4.69, 9.17) is 4.74 Å². The van der Waals surface area contributed by atoms with E-state index >= 15 is 0 Å². The molecule has 2 aromatic carbocycles. The van der Waals surface area contributed by atoms with Crippen molar-refractivity contribution < 1.29 is 36.6 Å². The Hall–Kier alpha value is -3.17. The van der Waals surface area contributed by atoms with E-state index in [0.717, 1.165) is 0 Å². The van der Waals surface area contributed by atoms with Gasteiger partial charge in [-0.25, -0.2) is 4.79 Å². The number of halogens is 4. The summed E-state index contributed by atoms with van der Waals surface area (Å²) >= 11 is 0. The average molecular weight is 374 g/mol. The van der Waals surface area contributed by atoms with E-state index in [1.807, 2.05) is 0 Å². The first kappa shape index (κ1) is 19.2. The number of ether oxygens (including phenoxy) is 3. The number of benzene rings is 2. The van der Waals surface area contributed by atoms with Crippen molar-refractivity contribution in [3.05, 3.63) is 42.5 Å². The monoisotopic (exact) mass is 374 g/mol. The van der Waals surface area contributed by atoms with Crippen molar-refractivity contribution in [1.29, 1.82) is 0 Å². The molecule has 140 valence electrons. The lowest BCUT2D eigenvalue weighted by molar-refractivity contribution is -0.0514. The number of carbonyl (C=O) groups excluding carboxylic acids is 1. The predicted molar refractivity (Wildman–Crippen MR) is 85.3 cm³/mol. The maximum atomic E-state index is 12.3. The van der Waals surface area contributed by atoms with E-state index in [9.17, 15) is 22.4 Å². The van der Waals surface area contributed by atoms with Crippen LogP contribution in [0.5, 0.6) is 17.2 Å². The van der Waals surface area contributed by atoms with E-state index in [0.29, 0.717) is 5.69 Å². The molecule has 0 aliphatic heterocycles. The lowest BCUT2D eigenvalue weighted by Gasteiger charge is -2.12. The van der Waals surface area contributed by atoms with Gasteiger partial charge in [0.2, 0.25) is 0 Å². The quantitative estimate of drug-likeness (QED) is 0.698. The van der Waals surface area contributed by atoms with Gasteiger partial charge < -0.3 is 24.8 Å². The van der Waals surface area contributed by atoms with Crippen LogP contribution >= 0.6 is 0 Å². The minimum Gasteiger partial charge on any atom is -0.493 e. The highest BCUT2D eigenvalue weighted by atomic mass is 19.3. The molecule has 0 unspecified atom stereocenters. The van der Waals surface area contributed by atoms with Crippen molar-refractivity contribution in [2.75, 3.05) is 17.7 Å². The van der Waals surface area contributed by atoms with E-state index < -0.39 is 19.3 Å². The molecular weight excluding hydrogens is 360 g/mol. The number of hydrogen-bond acceptors (Lipinski definition) is 4. The summed E-state index contributed by atoms with van der Waals surface area (Å²) in [5.74, 6) is -0.218. The molecule has 0 aliphatic carbocycles. The van der Waals surface area contributed by atoms with Gasteiger partial charge >= 0.3 is 19.3 Å². The van der Waals surface area contributed by atoms with Gasteiger partial charge in [0.25, 0.3) is 0 Å². The van der Waals surface area contributed by atoms with Gasteiger partial charge in [-0.1, -0.05) is 0 Å². The van der Waals surface area contributed by atoms with Crippen LogP contribution in [-0.4, -0.2) is 26.4 Å². The number of nitrogens with one attached hydrogen (secondary N) is 2. The van der Waals surface area contributed by atoms with Gasteiger partial charge in [0.05, 0.1) is 7.11 Å². The average Bonchev–Trinajstić information content (AvgIpc) is 2.57. The fraction of sp³-hybridized carbons (Fsp3) is 0.188. The third-order valence-corrected chi connectivity index (χ3v) is 2.97. The van der Waals surface area contributed by atoms with Crippen LogP contribution in [0.2, 0.25) is 0 Å². The van der Waals surface area contributed by atoms with Crippen LogP contribution in [0.4, 0.5) is 33.7 Å². The van der Waals surface area contributed by atoms with Crippen molar-refractivity contribution in [2.45, 2.75) is 13.2 Å². The third-order valence-electron chi connectivity index (χ3n) is 2.97. The Labute approximate surface area is 145 Å². The first-order valence-corrected chi connectivity index (χ1v) is 7.13. The standard InChI is InChI=1S/C16H14F4N2O4/c1-24-13-8-10(4-7-12(13)26-15(19)20)22-16(23)21-9-2-5-11(6-3-9)25-14(17)18/h2-8,14-15H,1H3,(H2,21,22,23). The number of amides is 2. The minimum atomic E-state index is -3.01. The van der Waals surface area contributed by atoms with Crippen LogP contribution in [0.25, 0.3) is 0 Å². The molecule has 0 fully saturated rings. The molecule has 10 heteroatoms. The van der Waals surface area contributed by atoms with Crippen LogP contribution < -0.4 is 24.8 Å². The summed E-state index contributed by atoms with van der Waals surface area (Å²) in [6.07, 6.45) is 0. The second-order valence-electron chi connectivity index (χ2n) is 4.73. The Morgan fingerprint density at radius 1 is 0.846 bits per heavy atom. The minimum absolute atomic E-state index is 0.0107. The highest BCUT2D eigenvalue weighted by Crippen LogP contribution is 2.31. The second-order valence-corrected chi connectivity index (χ2v) is 4.73. The number of carbonyl (C=O) groups is 1. The molecule has 0 aliphatic rings. The van der Waals surface area contributed by atoms with E-state index in [1.54, 1.807) is 0 Å². The van der Waals surface area contributed by atoms with Gasteiger partial charge in [-0.3, -0.25) is 0 Å². The molecule has 0 saturated heterocycles. The zero-order chi connectivity index (χ0) is 19.1. The lowest BCUT2D eigenvalue weighted by Crippen LogP contribution is -2.19. The number of hydrogen-bond donors (Lipinski definition) is 2. The molecule has 0 atom stereocenters. The Morgan fingerprint density at radius 2 is 1.42 bits per heavy atom. The zero-order valence-electron chi connectivity index (χ0n) is 13.3. The number of urea groups is 1. The van der Waals surface area contributed by atoms with Crippen molar-refractivity contribution in [3.8, 4) is 17.2 Å². The molecule has 2 amide bonds. The highest BCUT2D eigenvalue weighted by molar-refractivity contribution is 5.99. The van der Waals surface area contributed by atoms with E-state index in [2.05, 4.69) is 20.1 Å². The van der Waals surface area contributed by atoms with Gasteiger partial charge in [0.15, 0.2) is 11.5 Å². The van der Waals surface area contributed by atoms with Crippen molar-refractivity contribution in [1.82, 2.24) is 0 Å². The van der Waals surface area contributed by atoms with Crippen LogP contribution in [0.15, 0.2) is 42.5 Å². The molecule has 2 aromatic rings. The normalized spacial score (nSPS) is 10.6. The van der Waals surface area contributed by atoms with Gasteiger partial charge in [0, 0.05) is 17.4 Å². The lowest BCUT2D eigenvalue weighted by atomic mass is 10.2. The second kappa shape index (κ2) is 8.79. The predicted octanol–water partition coefficient (Wildman–Crippen LogP) is 4.54. The molecule has 26 heavy (non-hydrogen) atoms. The van der Waals surface area contributed by atoms with Crippen molar-refractivity contribution in [2.24, 2.45) is 0 Å². The maximum absolute atomic E-state index is 12.3. The van der Waals surface area contributed by atoms with Crippen LogP contribution in [0.3, 0.4) is 0 Å². The van der Waals surface area contributed by atoms with Crippen LogP contribution in [0, 0.1) is 0 Å². The molecule has 2 N–H and O–H groups in total. The van der Waals surface area contributed by atoms with Gasteiger partial charge in [0.1, 0.15) is 5.75 Å². The number of rotatable bonds is 7. The fourth-order valence-electron chi connectivity index (χ4n) is 1.95. The summed E-state index contributed by atoms with van der Waals surface area (Å²) < 4.78 is 62.1. The Balaban J connectivity index is 1.98. The zero-order valence-corrected chi connectivity index (χ0v) is 13.3. The van der Waals surface area contributed by atoms with Crippen LogP contribution in [-0.2, 0) is 0 Å². The smallest absolute Gasteiger partial charge is 0.387 e. The Morgan fingerprint density at radius 3 is 2.00 bits per heavy atom. The molecule has 2 rings (SSSR count). The topological polar surface area (TPSA) is 68.8 Å². The summed E-state index contributed by atoms with van der Waals surface area (Å²) in [7, 11) is 1.26. The molecule has 0 spiro atoms. The fourth-order valence-corrected chi connectivity index (χ4v) is 1.95. The number of methoxy groups -OCH3 is 1. The molecule has 0 radical (unpaired) electrons. The summed E-state index contributed by atoms with van der Waals surface area (Å²) in [5, 5.41) is 4.94. The maximum Gasteiger partial charge on any atom is 0.387 e.